The highest BCUT2D eigenvalue weighted by Crippen LogP contribution is 2.29. The van der Waals surface area contributed by atoms with Gasteiger partial charge in [0.15, 0.2) is 11.5 Å². The summed E-state index contributed by atoms with van der Waals surface area (Å²) in [4.78, 5) is 13.5. The van der Waals surface area contributed by atoms with E-state index in [1.54, 1.807) is 6.20 Å². The van der Waals surface area contributed by atoms with Gasteiger partial charge in [-0.2, -0.15) is 4.52 Å². The molecule has 2 aliphatic rings. The van der Waals surface area contributed by atoms with Crippen molar-refractivity contribution in [2.24, 2.45) is 0 Å². The van der Waals surface area contributed by atoms with Crippen molar-refractivity contribution in [1.29, 1.82) is 0 Å². The van der Waals surface area contributed by atoms with Gasteiger partial charge >= 0.3 is 0 Å². The summed E-state index contributed by atoms with van der Waals surface area (Å²) in [6, 6.07) is 4.10. The van der Waals surface area contributed by atoms with E-state index in [1.807, 2.05) is 23.7 Å². The molecule has 0 amide bonds. The minimum Gasteiger partial charge on any atom is -0.355 e. The summed E-state index contributed by atoms with van der Waals surface area (Å²) in [5.41, 5.74) is 1.79. The van der Waals surface area contributed by atoms with Crippen LogP contribution in [-0.2, 0) is 0 Å². The monoisotopic (exact) mass is 364 g/mol. The molecule has 0 aliphatic carbocycles. The predicted molar refractivity (Wildman–Crippen MR) is 103 cm³/mol. The SMILES string of the molecule is Cc1cncc(N2CCC(c3nnc4ccc(N5CCCC5)nn34)CC2)n1. The van der Waals surface area contributed by atoms with Crippen LogP contribution in [-0.4, -0.2) is 56.0 Å². The number of rotatable bonds is 3. The largest absolute Gasteiger partial charge is 0.355 e. The Hall–Kier alpha value is -2.77. The summed E-state index contributed by atoms with van der Waals surface area (Å²) in [5, 5.41) is 13.7. The van der Waals surface area contributed by atoms with Gasteiger partial charge < -0.3 is 9.80 Å². The Morgan fingerprint density at radius 3 is 2.44 bits per heavy atom. The van der Waals surface area contributed by atoms with Crippen LogP contribution >= 0.6 is 0 Å². The van der Waals surface area contributed by atoms with Crippen molar-refractivity contribution in [1.82, 2.24) is 29.8 Å². The van der Waals surface area contributed by atoms with Crippen molar-refractivity contribution >= 4 is 17.3 Å². The Morgan fingerprint density at radius 1 is 0.889 bits per heavy atom. The first-order valence-electron chi connectivity index (χ1n) is 9.79. The number of aryl methyl sites for hydroxylation is 1. The van der Waals surface area contributed by atoms with Crippen molar-refractivity contribution in [3.8, 4) is 0 Å². The summed E-state index contributed by atoms with van der Waals surface area (Å²) in [6.07, 6.45) is 8.17. The second-order valence-electron chi connectivity index (χ2n) is 7.49. The quantitative estimate of drug-likeness (QED) is 0.705. The Kier molecular flexibility index (Phi) is 4.10. The highest BCUT2D eigenvalue weighted by molar-refractivity contribution is 5.46. The molecule has 0 spiro atoms. The predicted octanol–water partition coefficient (Wildman–Crippen LogP) is 2.21. The molecule has 2 fully saturated rings. The molecule has 0 atom stereocenters. The van der Waals surface area contributed by atoms with Gasteiger partial charge in [0.1, 0.15) is 11.6 Å². The first-order valence-corrected chi connectivity index (χ1v) is 9.79. The molecule has 5 rings (SSSR count). The second-order valence-corrected chi connectivity index (χ2v) is 7.49. The number of hydrogen-bond donors (Lipinski definition) is 0. The standard InChI is InChI=1S/C19H24N8/c1-14-12-20-13-18(21-14)26-10-6-15(7-11-26)19-23-22-16-4-5-17(24-27(16)19)25-8-2-3-9-25/h4-5,12-13,15H,2-3,6-11H2,1H3. The van der Waals surface area contributed by atoms with Gasteiger partial charge in [-0.1, -0.05) is 0 Å². The normalized spacial score (nSPS) is 18.6. The summed E-state index contributed by atoms with van der Waals surface area (Å²) in [5.74, 6) is 3.36. The van der Waals surface area contributed by atoms with E-state index in [1.165, 1.54) is 12.8 Å². The number of anilines is 2. The Bertz CT molecular complexity index is 938. The fraction of sp³-hybridized carbons (Fsp3) is 0.526. The molecule has 8 nitrogen and oxygen atoms in total. The van der Waals surface area contributed by atoms with Crippen LogP contribution < -0.4 is 9.80 Å². The number of nitrogens with zero attached hydrogens (tertiary/aromatic N) is 8. The molecule has 5 heterocycles. The molecule has 3 aromatic heterocycles. The summed E-state index contributed by atoms with van der Waals surface area (Å²) in [7, 11) is 0. The maximum atomic E-state index is 4.86. The van der Waals surface area contributed by atoms with Crippen LogP contribution in [0.2, 0.25) is 0 Å². The van der Waals surface area contributed by atoms with E-state index in [4.69, 9.17) is 5.10 Å². The Labute approximate surface area is 158 Å². The third-order valence-electron chi connectivity index (χ3n) is 5.63. The van der Waals surface area contributed by atoms with Crippen molar-refractivity contribution in [2.75, 3.05) is 36.0 Å². The molecule has 0 radical (unpaired) electrons. The zero-order valence-electron chi connectivity index (χ0n) is 15.6. The minimum absolute atomic E-state index is 0.371. The number of aromatic nitrogens is 6. The van der Waals surface area contributed by atoms with Gasteiger partial charge in [-0.3, -0.25) is 4.98 Å². The molecule has 3 aromatic rings. The highest BCUT2D eigenvalue weighted by atomic mass is 15.4. The lowest BCUT2D eigenvalue weighted by molar-refractivity contribution is 0.474. The summed E-state index contributed by atoms with van der Waals surface area (Å²) in [6.45, 7) is 6.06. The van der Waals surface area contributed by atoms with Crippen LogP contribution in [0, 0.1) is 6.92 Å². The molecule has 0 saturated carbocycles. The van der Waals surface area contributed by atoms with Crippen LogP contribution in [0.25, 0.3) is 5.65 Å². The van der Waals surface area contributed by atoms with E-state index < -0.39 is 0 Å². The van der Waals surface area contributed by atoms with Gasteiger partial charge in [0, 0.05) is 38.3 Å². The van der Waals surface area contributed by atoms with E-state index >= 15 is 0 Å². The lowest BCUT2D eigenvalue weighted by Crippen LogP contribution is -2.34. The van der Waals surface area contributed by atoms with Crippen LogP contribution in [0.3, 0.4) is 0 Å². The van der Waals surface area contributed by atoms with E-state index in [-0.39, 0.29) is 0 Å². The second kappa shape index (κ2) is 6.75. The molecule has 2 aliphatic heterocycles. The molecular formula is C19H24N8. The topological polar surface area (TPSA) is 75.3 Å². The van der Waals surface area contributed by atoms with Gasteiger partial charge in [-0.15, -0.1) is 15.3 Å². The fourth-order valence-corrected chi connectivity index (χ4v) is 4.13. The Balaban J connectivity index is 1.36. The number of hydrogen-bond acceptors (Lipinski definition) is 7. The van der Waals surface area contributed by atoms with Gasteiger partial charge in [0.2, 0.25) is 0 Å². The molecule has 140 valence electrons. The minimum atomic E-state index is 0.371. The van der Waals surface area contributed by atoms with Gasteiger partial charge in [-0.25, -0.2) is 4.98 Å². The highest BCUT2D eigenvalue weighted by Gasteiger charge is 2.26. The summed E-state index contributed by atoms with van der Waals surface area (Å²) >= 11 is 0. The molecule has 8 heteroatoms. The first-order chi connectivity index (χ1) is 13.3. The zero-order valence-corrected chi connectivity index (χ0v) is 15.6. The van der Waals surface area contributed by atoms with E-state index in [2.05, 4.69) is 36.0 Å². The van der Waals surface area contributed by atoms with Crippen LogP contribution in [0.5, 0.6) is 0 Å². The third kappa shape index (κ3) is 3.09. The van der Waals surface area contributed by atoms with Crippen LogP contribution in [0.1, 0.15) is 43.1 Å². The van der Waals surface area contributed by atoms with Crippen LogP contribution in [0.4, 0.5) is 11.6 Å². The zero-order chi connectivity index (χ0) is 18.2. The molecular weight excluding hydrogens is 340 g/mol. The average molecular weight is 364 g/mol. The van der Waals surface area contributed by atoms with Crippen molar-refractivity contribution in [2.45, 2.75) is 38.5 Å². The van der Waals surface area contributed by atoms with Crippen molar-refractivity contribution < 1.29 is 0 Å². The molecule has 27 heavy (non-hydrogen) atoms. The molecule has 0 aromatic carbocycles. The Morgan fingerprint density at radius 2 is 1.67 bits per heavy atom. The molecule has 0 unspecified atom stereocenters. The molecule has 0 bridgehead atoms. The average Bonchev–Trinajstić information content (AvgIpc) is 3.38. The van der Waals surface area contributed by atoms with Gasteiger partial charge in [0.05, 0.1) is 11.9 Å². The van der Waals surface area contributed by atoms with Crippen LogP contribution in [0.15, 0.2) is 24.5 Å². The van der Waals surface area contributed by atoms with Crippen molar-refractivity contribution in [3.05, 3.63) is 36.0 Å². The third-order valence-corrected chi connectivity index (χ3v) is 5.63. The lowest BCUT2D eigenvalue weighted by atomic mass is 9.96. The molecule has 2 saturated heterocycles. The summed E-state index contributed by atoms with van der Waals surface area (Å²) < 4.78 is 1.96. The fourth-order valence-electron chi connectivity index (χ4n) is 4.13. The number of fused-ring (bicyclic) bond motifs is 1. The first kappa shape index (κ1) is 16.4. The van der Waals surface area contributed by atoms with E-state index in [9.17, 15) is 0 Å². The molecule has 0 N–H and O–H groups in total. The van der Waals surface area contributed by atoms with Gasteiger partial charge in [-0.05, 0) is 44.7 Å². The van der Waals surface area contributed by atoms with Crippen molar-refractivity contribution in [3.63, 3.8) is 0 Å². The van der Waals surface area contributed by atoms with E-state index in [0.29, 0.717) is 5.92 Å². The maximum absolute atomic E-state index is 4.86. The van der Waals surface area contributed by atoms with Gasteiger partial charge in [0.25, 0.3) is 0 Å². The smallest absolute Gasteiger partial charge is 0.178 e. The maximum Gasteiger partial charge on any atom is 0.178 e. The lowest BCUT2D eigenvalue weighted by Gasteiger charge is -2.31. The van der Waals surface area contributed by atoms with E-state index in [0.717, 1.165) is 67.8 Å². The number of piperidine rings is 1.